The molecule has 0 aliphatic rings. The first-order valence-corrected chi connectivity index (χ1v) is 6.48. The second-order valence-electron chi connectivity index (χ2n) is 4.71. The molecule has 0 aromatic heterocycles. The van der Waals surface area contributed by atoms with Crippen molar-refractivity contribution in [1.29, 1.82) is 0 Å². The van der Waals surface area contributed by atoms with Gasteiger partial charge in [-0.3, -0.25) is 0 Å². The van der Waals surface area contributed by atoms with Gasteiger partial charge in [0, 0.05) is 17.7 Å². The van der Waals surface area contributed by atoms with E-state index in [0.717, 1.165) is 5.56 Å². The minimum Gasteiger partial charge on any atom is -0.490 e. The zero-order chi connectivity index (χ0) is 14.5. The molecule has 4 heteroatoms. The van der Waals surface area contributed by atoms with Crippen LogP contribution in [0.4, 0.5) is 4.39 Å². The molecule has 0 aliphatic heterocycles. The molecule has 0 spiro atoms. The molecular formula is C16H18FNO2. The van der Waals surface area contributed by atoms with Crippen LogP contribution in [0.3, 0.4) is 0 Å². The quantitative estimate of drug-likeness (QED) is 0.882. The highest BCUT2D eigenvalue weighted by Crippen LogP contribution is 2.22. The second kappa shape index (κ2) is 6.50. The van der Waals surface area contributed by atoms with E-state index in [1.807, 2.05) is 30.3 Å². The fourth-order valence-corrected chi connectivity index (χ4v) is 1.91. The summed E-state index contributed by atoms with van der Waals surface area (Å²) >= 11 is 0. The molecule has 2 aromatic carbocycles. The lowest BCUT2D eigenvalue weighted by Gasteiger charge is -2.14. The summed E-state index contributed by atoms with van der Waals surface area (Å²) in [6.07, 6.45) is -0.743. The lowest BCUT2D eigenvalue weighted by molar-refractivity contribution is 0.108. The van der Waals surface area contributed by atoms with E-state index in [-0.39, 0.29) is 12.6 Å². The molecule has 3 N–H and O–H groups in total. The van der Waals surface area contributed by atoms with Crippen LogP contribution in [0.25, 0.3) is 0 Å². The Bertz CT molecular complexity index is 558. The third-order valence-corrected chi connectivity index (χ3v) is 3.05. The van der Waals surface area contributed by atoms with Crippen molar-refractivity contribution in [2.75, 3.05) is 6.61 Å². The SMILES string of the molecule is C[C@H](N)c1ccc(OCC(O)c2ccccc2)cc1F. The topological polar surface area (TPSA) is 55.5 Å². The zero-order valence-corrected chi connectivity index (χ0v) is 11.3. The van der Waals surface area contributed by atoms with Crippen LogP contribution in [-0.4, -0.2) is 11.7 Å². The summed E-state index contributed by atoms with van der Waals surface area (Å²) in [7, 11) is 0. The Hall–Kier alpha value is -1.91. The second-order valence-corrected chi connectivity index (χ2v) is 4.71. The van der Waals surface area contributed by atoms with E-state index in [0.29, 0.717) is 11.3 Å². The van der Waals surface area contributed by atoms with E-state index in [2.05, 4.69) is 0 Å². The van der Waals surface area contributed by atoms with E-state index < -0.39 is 11.9 Å². The number of hydrogen-bond acceptors (Lipinski definition) is 3. The van der Waals surface area contributed by atoms with Crippen LogP contribution in [0.2, 0.25) is 0 Å². The average Bonchev–Trinajstić information content (AvgIpc) is 2.45. The molecule has 0 fully saturated rings. The van der Waals surface area contributed by atoms with Gasteiger partial charge in [-0.2, -0.15) is 0 Å². The van der Waals surface area contributed by atoms with Crippen LogP contribution in [0.5, 0.6) is 5.75 Å². The number of aliphatic hydroxyl groups is 1. The first-order valence-electron chi connectivity index (χ1n) is 6.48. The minimum atomic E-state index is -0.743. The molecule has 2 atom stereocenters. The predicted molar refractivity (Wildman–Crippen MR) is 75.9 cm³/mol. The highest BCUT2D eigenvalue weighted by Gasteiger charge is 2.10. The number of ether oxygens (including phenoxy) is 1. The fourth-order valence-electron chi connectivity index (χ4n) is 1.91. The Morgan fingerprint density at radius 3 is 2.50 bits per heavy atom. The third kappa shape index (κ3) is 3.56. The Kier molecular flexibility index (Phi) is 4.71. The monoisotopic (exact) mass is 275 g/mol. The maximum absolute atomic E-state index is 13.7. The van der Waals surface area contributed by atoms with Gasteiger partial charge in [0.25, 0.3) is 0 Å². The van der Waals surface area contributed by atoms with Crippen LogP contribution in [0, 0.1) is 5.82 Å². The summed E-state index contributed by atoms with van der Waals surface area (Å²) in [5, 5.41) is 9.96. The van der Waals surface area contributed by atoms with Crippen molar-refractivity contribution in [2.45, 2.75) is 19.1 Å². The van der Waals surface area contributed by atoms with Gasteiger partial charge in [0.1, 0.15) is 24.3 Å². The fraction of sp³-hybridized carbons (Fsp3) is 0.250. The summed E-state index contributed by atoms with van der Waals surface area (Å²) in [6.45, 7) is 1.79. The Morgan fingerprint density at radius 2 is 1.90 bits per heavy atom. The van der Waals surface area contributed by atoms with Crippen LogP contribution in [0.1, 0.15) is 30.2 Å². The smallest absolute Gasteiger partial charge is 0.131 e. The van der Waals surface area contributed by atoms with Gasteiger partial charge in [-0.1, -0.05) is 36.4 Å². The van der Waals surface area contributed by atoms with Crippen LogP contribution in [0.15, 0.2) is 48.5 Å². The summed E-state index contributed by atoms with van der Waals surface area (Å²) in [5.74, 6) is -0.0198. The molecular weight excluding hydrogens is 257 g/mol. The summed E-state index contributed by atoms with van der Waals surface area (Å²) in [4.78, 5) is 0. The Balaban J connectivity index is 1.99. The van der Waals surface area contributed by atoms with Crippen molar-refractivity contribution in [3.63, 3.8) is 0 Å². The van der Waals surface area contributed by atoms with Crippen LogP contribution in [-0.2, 0) is 0 Å². The van der Waals surface area contributed by atoms with E-state index >= 15 is 0 Å². The average molecular weight is 275 g/mol. The van der Waals surface area contributed by atoms with Gasteiger partial charge in [0.2, 0.25) is 0 Å². The summed E-state index contributed by atoms with van der Waals surface area (Å²) in [5.41, 5.74) is 6.85. The molecule has 0 heterocycles. The van der Waals surface area contributed by atoms with Gasteiger partial charge in [-0.05, 0) is 18.6 Å². The number of benzene rings is 2. The van der Waals surface area contributed by atoms with Crippen molar-refractivity contribution >= 4 is 0 Å². The molecule has 0 amide bonds. The van der Waals surface area contributed by atoms with Gasteiger partial charge in [-0.25, -0.2) is 4.39 Å². The lowest BCUT2D eigenvalue weighted by Crippen LogP contribution is -2.11. The number of nitrogens with two attached hydrogens (primary N) is 1. The predicted octanol–water partition coefficient (Wildman–Crippen LogP) is 2.96. The Morgan fingerprint density at radius 1 is 1.20 bits per heavy atom. The highest BCUT2D eigenvalue weighted by molar-refractivity contribution is 5.30. The molecule has 1 unspecified atom stereocenters. The first kappa shape index (κ1) is 14.5. The number of hydrogen-bond donors (Lipinski definition) is 2. The molecule has 2 rings (SSSR count). The van der Waals surface area contributed by atoms with Crippen LogP contribution >= 0.6 is 0 Å². The largest absolute Gasteiger partial charge is 0.490 e. The molecule has 106 valence electrons. The third-order valence-electron chi connectivity index (χ3n) is 3.05. The molecule has 0 aliphatic carbocycles. The number of rotatable bonds is 5. The number of aliphatic hydroxyl groups excluding tert-OH is 1. The zero-order valence-electron chi connectivity index (χ0n) is 11.3. The minimum absolute atomic E-state index is 0.0704. The van der Waals surface area contributed by atoms with Gasteiger partial charge >= 0.3 is 0 Å². The van der Waals surface area contributed by atoms with Crippen molar-refractivity contribution in [1.82, 2.24) is 0 Å². The van der Waals surface area contributed by atoms with Crippen molar-refractivity contribution in [2.24, 2.45) is 5.73 Å². The lowest BCUT2D eigenvalue weighted by atomic mass is 10.1. The van der Waals surface area contributed by atoms with Crippen LogP contribution < -0.4 is 10.5 Å². The van der Waals surface area contributed by atoms with Gasteiger partial charge < -0.3 is 15.6 Å². The van der Waals surface area contributed by atoms with Crippen molar-refractivity contribution in [3.05, 3.63) is 65.5 Å². The molecule has 0 bridgehead atoms. The number of halogens is 1. The first-order chi connectivity index (χ1) is 9.58. The maximum Gasteiger partial charge on any atom is 0.131 e. The highest BCUT2D eigenvalue weighted by atomic mass is 19.1. The molecule has 0 saturated carbocycles. The molecule has 3 nitrogen and oxygen atoms in total. The van der Waals surface area contributed by atoms with Crippen molar-refractivity contribution < 1.29 is 14.2 Å². The maximum atomic E-state index is 13.7. The van der Waals surface area contributed by atoms with E-state index in [4.69, 9.17) is 10.5 Å². The standard InChI is InChI=1S/C16H18FNO2/c1-11(18)14-8-7-13(9-15(14)17)20-10-16(19)12-5-3-2-4-6-12/h2-9,11,16,19H,10,18H2,1H3/t11-,16?/m0/s1. The van der Waals surface area contributed by atoms with Gasteiger partial charge in [0.05, 0.1) is 0 Å². The normalized spacial score (nSPS) is 13.8. The molecule has 2 aromatic rings. The van der Waals surface area contributed by atoms with E-state index in [1.165, 1.54) is 6.07 Å². The summed E-state index contributed by atoms with van der Waals surface area (Å²) < 4.78 is 19.1. The molecule has 0 radical (unpaired) electrons. The summed E-state index contributed by atoms with van der Waals surface area (Å²) in [6, 6.07) is 13.4. The van der Waals surface area contributed by atoms with E-state index in [1.54, 1.807) is 19.1 Å². The van der Waals surface area contributed by atoms with Crippen molar-refractivity contribution in [3.8, 4) is 5.75 Å². The van der Waals surface area contributed by atoms with E-state index in [9.17, 15) is 9.50 Å². The molecule has 20 heavy (non-hydrogen) atoms. The van der Waals surface area contributed by atoms with Gasteiger partial charge in [0.15, 0.2) is 0 Å². The Labute approximate surface area is 117 Å². The van der Waals surface area contributed by atoms with Gasteiger partial charge in [-0.15, -0.1) is 0 Å². The molecule has 0 saturated heterocycles.